The molecule has 0 saturated heterocycles. The van der Waals surface area contributed by atoms with Gasteiger partial charge in [-0.15, -0.1) is 0 Å². The first kappa shape index (κ1) is 16.2. The molecule has 0 aliphatic heterocycles. The number of imidazole rings is 1. The number of rotatable bonds is 4. The fraction of sp³-hybridized carbons (Fsp3) is 0.389. The highest BCUT2D eigenvalue weighted by Crippen LogP contribution is 2.25. The van der Waals surface area contributed by atoms with Crippen molar-refractivity contribution in [3.8, 4) is 0 Å². The van der Waals surface area contributed by atoms with Crippen LogP contribution in [0.2, 0.25) is 0 Å². The normalized spacial score (nSPS) is 11.5. The Labute approximate surface area is 140 Å². The third kappa shape index (κ3) is 2.48. The summed E-state index contributed by atoms with van der Waals surface area (Å²) in [6, 6.07) is 5.40. The molecule has 0 aliphatic carbocycles. The lowest BCUT2D eigenvalue weighted by molar-refractivity contribution is 0.0827. The summed E-state index contributed by atoms with van der Waals surface area (Å²) in [7, 11) is 3.42. The standard InChI is InChI=1S/C18H22N4O2/c1-5-11(6-2)16-19-10-15-17(23)20-13-9-12(18(24)21(3)4)7-8-14(13)22(15)16/h7-11H,5-6H2,1-4H3,(H,20,23). The number of carbonyl (C=O) groups is 1. The second kappa shape index (κ2) is 6.11. The molecule has 1 N–H and O–H groups in total. The minimum absolute atomic E-state index is 0.0938. The molecule has 24 heavy (non-hydrogen) atoms. The van der Waals surface area contributed by atoms with Crippen LogP contribution in [0.1, 0.15) is 48.8 Å². The average Bonchev–Trinajstić information content (AvgIpc) is 3.00. The second-order valence-corrected chi connectivity index (χ2v) is 6.24. The van der Waals surface area contributed by atoms with E-state index in [0.717, 1.165) is 24.2 Å². The summed E-state index contributed by atoms with van der Waals surface area (Å²) < 4.78 is 1.93. The number of aromatic amines is 1. The minimum atomic E-state index is -0.193. The third-order valence-corrected chi connectivity index (χ3v) is 4.51. The van der Waals surface area contributed by atoms with Crippen molar-refractivity contribution < 1.29 is 4.79 Å². The molecule has 2 heterocycles. The number of carbonyl (C=O) groups excluding carboxylic acids is 1. The maximum absolute atomic E-state index is 12.4. The maximum Gasteiger partial charge on any atom is 0.274 e. The van der Waals surface area contributed by atoms with Crippen LogP contribution in [0.4, 0.5) is 0 Å². The Hall–Kier alpha value is -2.63. The minimum Gasteiger partial charge on any atom is -0.345 e. The lowest BCUT2D eigenvalue weighted by Crippen LogP contribution is -2.22. The molecule has 1 aromatic carbocycles. The molecule has 1 amide bonds. The smallest absolute Gasteiger partial charge is 0.274 e. The monoisotopic (exact) mass is 326 g/mol. The predicted molar refractivity (Wildman–Crippen MR) is 94.7 cm³/mol. The van der Waals surface area contributed by atoms with Crippen LogP contribution in [0.25, 0.3) is 16.6 Å². The Morgan fingerprint density at radius 3 is 2.58 bits per heavy atom. The van der Waals surface area contributed by atoms with Gasteiger partial charge in [0, 0.05) is 25.6 Å². The van der Waals surface area contributed by atoms with E-state index in [0.29, 0.717) is 22.5 Å². The van der Waals surface area contributed by atoms with E-state index in [-0.39, 0.29) is 11.5 Å². The zero-order valence-corrected chi connectivity index (χ0v) is 14.5. The average molecular weight is 326 g/mol. The highest BCUT2D eigenvalue weighted by atomic mass is 16.2. The molecule has 0 fully saturated rings. The van der Waals surface area contributed by atoms with Gasteiger partial charge in [-0.3, -0.25) is 14.0 Å². The molecule has 3 aromatic rings. The van der Waals surface area contributed by atoms with Crippen molar-refractivity contribution in [2.45, 2.75) is 32.6 Å². The van der Waals surface area contributed by atoms with Gasteiger partial charge < -0.3 is 9.88 Å². The van der Waals surface area contributed by atoms with Crippen LogP contribution in [0.15, 0.2) is 29.2 Å². The molecule has 0 radical (unpaired) electrons. The number of hydrogen-bond donors (Lipinski definition) is 1. The van der Waals surface area contributed by atoms with Crippen molar-refractivity contribution in [2.75, 3.05) is 14.1 Å². The van der Waals surface area contributed by atoms with E-state index in [2.05, 4.69) is 23.8 Å². The molecular formula is C18H22N4O2. The number of amides is 1. The number of H-pyrrole nitrogens is 1. The van der Waals surface area contributed by atoms with Crippen LogP contribution in [0, 0.1) is 0 Å². The lowest BCUT2D eigenvalue weighted by atomic mass is 10.0. The molecule has 2 aromatic heterocycles. The highest BCUT2D eigenvalue weighted by molar-refractivity contribution is 5.97. The first-order chi connectivity index (χ1) is 11.5. The third-order valence-electron chi connectivity index (χ3n) is 4.51. The fourth-order valence-corrected chi connectivity index (χ4v) is 3.13. The van der Waals surface area contributed by atoms with Crippen molar-refractivity contribution in [1.29, 1.82) is 0 Å². The lowest BCUT2D eigenvalue weighted by Gasteiger charge is -2.14. The summed E-state index contributed by atoms with van der Waals surface area (Å²) in [4.78, 5) is 33.5. The zero-order valence-electron chi connectivity index (χ0n) is 14.5. The van der Waals surface area contributed by atoms with E-state index >= 15 is 0 Å². The van der Waals surface area contributed by atoms with Crippen LogP contribution < -0.4 is 5.56 Å². The van der Waals surface area contributed by atoms with Gasteiger partial charge in [0.05, 0.1) is 17.2 Å². The molecule has 6 nitrogen and oxygen atoms in total. The van der Waals surface area contributed by atoms with Gasteiger partial charge in [0.15, 0.2) is 0 Å². The van der Waals surface area contributed by atoms with Gasteiger partial charge in [0.1, 0.15) is 11.3 Å². The Morgan fingerprint density at radius 1 is 1.25 bits per heavy atom. The molecular weight excluding hydrogens is 304 g/mol. The molecule has 0 aliphatic rings. The topological polar surface area (TPSA) is 70.5 Å². The van der Waals surface area contributed by atoms with E-state index in [1.807, 2.05) is 10.5 Å². The van der Waals surface area contributed by atoms with Crippen LogP contribution in [-0.2, 0) is 0 Å². The summed E-state index contributed by atoms with van der Waals surface area (Å²) in [5, 5.41) is 0. The van der Waals surface area contributed by atoms with Crippen LogP contribution in [0.5, 0.6) is 0 Å². The fourth-order valence-electron chi connectivity index (χ4n) is 3.13. The summed E-state index contributed by atoms with van der Waals surface area (Å²) in [5.74, 6) is 1.10. The van der Waals surface area contributed by atoms with Gasteiger partial charge in [-0.05, 0) is 31.0 Å². The van der Waals surface area contributed by atoms with Crippen molar-refractivity contribution in [2.24, 2.45) is 0 Å². The molecule has 126 valence electrons. The van der Waals surface area contributed by atoms with Crippen LogP contribution in [0.3, 0.4) is 0 Å². The number of nitrogens with one attached hydrogen (secondary N) is 1. The number of benzene rings is 1. The first-order valence-corrected chi connectivity index (χ1v) is 8.23. The van der Waals surface area contributed by atoms with Crippen molar-refractivity contribution in [3.63, 3.8) is 0 Å². The predicted octanol–water partition coefficient (Wildman–Crippen LogP) is 2.78. The first-order valence-electron chi connectivity index (χ1n) is 8.23. The van der Waals surface area contributed by atoms with Gasteiger partial charge in [-0.1, -0.05) is 13.8 Å². The maximum atomic E-state index is 12.4. The van der Waals surface area contributed by atoms with E-state index in [4.69, 9.17) is 0 Å². The number of aromatic nitrogens is 3. The van der Waals surface area contributed by atoms with Crippen LogP contribution in [-0.4, -0.2) is 39.3 Å². The Morgan fingerprint density at radius 2 is 1.96 bits per heavy atom. The van der Waals surface area contributed by atoms with E-state index < -0.39 is 0 Å². The largest absolute Gasteiger partial charge is 0.345 e. The van der Waals surface area contributed by atoms with E-state index in [9.17, 15) is 9.59 Å². The van der Waals surface area contributed by atoms with Crippen molar-refractivity contribution >= 4 is 22.5 Å². The molecule has 0 unspecified atom stereocenters. The van der Waals surface area contributed by atoms with Crippen molar-refractivity contribution in [1.82, 2.24) is 19.3 Å². The van der Waals surface area contributed by atoms with Gasteiger partial charge in [-0.25, -0.2) is 4.98 Å². The van der Waals surface area contributed by atoms with Gasteiger partial charge in [0.2, 0.25) is 0 Å². The second-order valence-electron chi connectivity index (χ2n) is 6.24. The quantitative estimate of drug-likeness (QED) is 0.801. The highest BCUT2D eigenvalue weighted by Gasteiger charge is 2.18. The van der Waals surface area contributed by atoms with Gasteiger partial charge in [0.25, 0.3) is 11.5 Å². The van der Waals surface area contributed by atoms with Gasteiger partial charge in [-0.2, -0.15) is 0 Å². The van der Waals surface area contributed by atoms with E-state index in [1.54, 1.807) is 32.4 Å². The summed E-state index contributed by atoms with van der Waals surface area (Å²) >= 11 is 0. The SMILES string of the molecule is CCC(CC)c1ncc2c(=O)[nH]c3cc(C(=O)N(C)C)ccc3n12. The Kier molecular flexibility index (Phi) is 4.13. The van der Waals surface area contributed by atoms with Gasteiger partial charge >= 0.3 is 0 Å². The molecule has 3 rings (SSSR count). The molecule has 6 heteroatoms. The number of fused-ring (bicyclic) bond motifs is 3. The van der Waals surface area contributed by atoms with Crippen LogP contribution >= 0.6 is 0 Å². The molecule has 0 bridgehead atoms. The molecule has 0 atom stereocenters. The number of hydrogen-bond acceptors (Lipinski definition) is 3. The van der Waals surface area contributed by atoms with Crippen molar-refractivity contribution in [3.05, 3.63) is 46.1 Å². The molecule has 0 saturated carbocycles. The summed E-state index contributed by atoms with van der Waals surface area (Å²) in [6.07, 6.45) is 3.55. The number of nitrogens with zero attached hydrogens (tertiary/aromatic N) is 3. The Bertz CT molecular complexity index is 964. The summed E-state index contributed by atoms with van der Waals surface area (Å²) in [6.45, 7) is 4.25. The van der Waals surface area contributed by atoms with E-state index in [1.165, 1.54) is 4.90 Å². The molecule has 0 spiro atoms. The zero-order chi connectivity index (χ0) is 17.4. The summed E-state index contributed by atoms with van der Waals surface area (Å²) in [5.41, 5.74) is 2.40. The Balaban J connectivity index is 2.32.